The highest BCUT2D eigenvalue weighted by Gasteiger charge is 2.59. The molecule has 0 aromatic carbocycles. The second-order valence-corrected chi connectivity index (χ2v) is 15.8. The lowest BCUT2D eigenvalue weighted by molar-refractivity contribution is -0.0746. The van der Waals surface area contributed by atoms with Gasteiger partial charge in [0.2, 0.25) is 10.0 Å². The van der Waals surface area contributed by atoms with Crippen molar-refractivity contribution in [3.05, 3.63) is 11.1 Å². The van der Waals surface area contributed by atoms with Gasteiger partial charge in [0.25, 0.3) is 0 Å². The number of hydrogen-bond acceptors (Lipinski definition) is 4. The molecule has 0 bridgehead atoms. The Morgan fingerprint density at radius 3 is 2.66 bits per heavy atom. The van der Waals surface area contributed by atoms with Crippen LogP contribution in [0.25, 0.3) is 0 Å². The van der Waals surface area contributed by atoms with E-state index in [2.05, 4.69) is 37.7 Å². The van der Waals surface area contributed by atoms with Gasteiger partial charge in [-0.2, -0.15) is 0 Å². The Hall–Kier alpha value is -0.430. The minimum absolute atomic E-state index is 0.0276. The highest BCUT2D eigenvalue weighted by Crippen LogP contribution is 2.65. The average Bonchev–Trinajstić information content (AvgIpc) is 3.23. The van der Waals surface area contributed by atoms with Crippen LogP contribution >= 0.6 is 0 Å². The molecule has 11 atom stereocenters. The number of sulfonamides is 1. The van der Waals surface area contributed by atoms with Gasteiger partial charge in [0.05, 0.1) is 18.0 Å². The van der Waals surface area contributed by atoms with Gasteiger partial charge in [-0.05, 0) is 113 Å². The molecule has 5 fully saturated rings. The molecule has 0 aromatic heterocycles. The van der Waals surface area contributed by atoms with Gasteiger partial charge >= 0.3 is 0 Å². The highest BCUT2D eigenvalue weighted by molar-refractivity contribution is 7.88. The Kier molecular flexibility index (Phi) is 6.07. The largest absolute Gasteiger partial charge is 0.369 e. The molecule has 2 saturated heterocycles. The molecular formula is C29H48N2O3S. The van der Waals surface area contributed by atoms with Crippen molar-refractivity contribution in [2.75, 3.05) is 12.8 Å². The molecule has 0 amide bonds. The third-order valence-corrected chi connectivity index (χ3v) is 12.8. The zero-order valence-electron chi connectivity index (χ0n) is 22.6. The molecule has 1 spiro atoms. The van der Waals surface area contributed by atoms with Gasteiger partial charge in [-0.3, -0.25) is 0 Å². The summed E-state index contributed by atoms with van der Waals surface area (Å²) in [7, 11) is -3.13. The summed E-state index contributed by atoms with van der Waals surface area (Å²) in [5.41, 5.74) is 3.83. The summed E-state index contributed by atoms with van der Waals surface area (Å²) in [6, 6.07) is 0.660. The predicted octanol–water partition coefficient (Wildman–Crippen LogP) is 5.03. The molecule has 6 aliphatic rings. The lowest BCUT2D eigenvalue weighted by Gasteiger charge is -2.54. The smallest absolute Gasteiger partial charge is 0.208 e. The minimum atomic E-state index is -3.13. The molecule has 198 valence electrons. The SMILES string of the molecule is CC1=C2C[C@@H]3[C@@H](CC[C@@H]4C[C@H](NS(C)(=O)=O)CC[C@@]43C)[C@H]2CC[C@]2(C1)O[C@@H]1C[C@@H](C)CN[C@@H]1[C@H]2C. The minimum Gasteiger partial charge on any atom is -0.369 e. The molecule has 35 heavy (non-hydrogen) atoms. The fraction of sp³-hybridized carbons (Fsp3) is 0.931. The van der Waals surface area contributed by atoms with E-state index in [1.54, 1.807) is 11.1 Å². The monoisotopic (exact) mass is 504 g/mol. The average molecular weight is 505 g/mol. The van der Waals surface area contributed by atoms with Crippen LogP contribution < -0.4 is 10.0 Å². The molecule has 2 N–H and O–H groups in total. The maximum Gasteiger partial charge on any atom is 0.208 e. The van der Waals surface area contributed by atoms with Gasteiger partial charge in [-0.1, -0.05) is 31.9 Å². The van der Waals surface area contributed by atoms with E-state index in [1.807, 2.05) is 0 Å². The van der Waals surface area contributed by atoms with Crippen molar-refractivity contribution in [1.29, 1.82) is 0 Å². The first-order valence-electron chi connectivity index (χ1n) is 14.6. The summed E-state index contributed by atoms with van der Waals surface area (Å²) in [5.74, 6) is 4.28. The van der Waals surface area contributed by atoms with Crippen LogP contribution in [0, 0.1) is 40.9 Å². The Morgan fingerprint density at radius 2 is 1.89 bits per heavy atom. The molecule has 4 aliphatic carbocycles. The van der Waals surface area contributed by atoms with Crippen molar-refractivity contribution >= 4 is 10.0 Å². The zero-order valence-corrected chi connectivity index (χ0v) is 23.4. The van der Waals surface area contributed by atoms with Crippen LogP contribution in [-0.2, 0) is 14.8 Å². The van der Waals surface area contributed by atoms with Crippen LogP contribution in [0.1, 0.15) is 91.9 Å². The van der Waals surface area contributed by atoms with Crippen LogP contribution in [0.4, 0.5) is 0 Å². The van der Waals surface area contributed by atoms with E-state index in [4.69, 9.17) is 4.74 Å². The zero-order chi connectivity index (χ0) is 24.8. The second kappa shape index (κ2) is 8.54. The van der Waals surface area contributed by atoms with Crippen LogP contribution in [0.3, 0.4) is 0 Å². The van der Waals surface area contributed by atoms with Gasteiger partial charge in [-0.25, -0.2) is 13.1 Å². The number of nitrogens with one attached hydrogen (secondary N) is 2. The highest BCUT2D eigenvalue weighted by atomic mass is 32.2. The third kappa shape index (κ3) is 4.08. The van der Waals surface area contributed by atoms with Gasteiger partial charge in [0.15, 0.2) is 0 Å². The van der Waals surface area contributed by atoms with Gasteiger partial charge in [0, 0.05) is 18.0 Å². The summed E-state index contributed by atoms with van der Waals surface area (Å²) in [6.45, 7) is 11.0. The summed E-state index contributed by atoms with van der Waals surface area (Å²) < 4.78 is 33.7. The van der Waals surface area contributed by atoms with Gasteiger partial charge < -0.3 is 10.1 Å². The van der Waals surface area contributed by atoms with E-state index in [9.17, 15) is 8.42 Å². The van der Waals surface area contributed by atoms with Crippen molar-refractivity contribution < 1.29 is 13.2 Å². The van der Waals surface area contributed by atoms with Crippen LogP contribution in [0.2, 0.25) is 0 Å². The Bertz CT molecular complexity index is 994. The Labute approximate surface area is 213 Å². The Balaban J connectivity index is 1.22. The first-order chi connectivity index (χ1) is 16.5. The molecule has 0 radical (unpaired) electrons. The summed E-state index contributed by atoms with van der Waals surface area (Å²) in [5, 5.41) is 3.85. The van der Waals surface area contributed by atoms with E-state index in [0.717, 1.165) is 43.6 Å². The fourth-order valence-corrected chi connectivity index (χ4v) is 11.1. The van der Waals surface area contributed by atoms with Crippen LogP contribution in [0.5, 0.6) is 0 Å². The van der Waals surface area contributed by atoms with Crippen molar-refractivity contribution in [3.8, 4) is 0 Å². The quantitative estimate of drug-likeness (QED) is 0.518. The molecule has 0 aromatic rings. The van der Waals surface area contributed by atoms with Crippen LogP contribution in [-0.4, -0.2) is 45.0 Å². The summed E-state index contributed by atoms with van der Waals surface area (Å²) in [6.07, 6.45) is 13.6. The predicted molar refractivity (Wildman–Crippen MR) is 140 cm³/mol. The number of rotatable bonds is 2. The van der Waals surface area contributed by atoms with E-state index in [0.29, 0.717) is 35.3 Å². The molecule has 2 aliphatic heterocycles. The third-order valence-electron chi connectivity index (χ3n) is 12.0. The molecule has 3 saturated carbocycles. The normalized spacial score (nSPS) is 52.0. The number of ether oxygens (including phenoxy) is 1. The van der Waals surface area contributed by atoms with E-state index in [-0.39, 0.29) is 11.6 Å². The first-order valence-corrected chi connectivity index (χ1v) is 16.5. The molecule has 6 rings (SSSR count). The fourth-order valence-electron chi connectivity index (χ4n) is 10.2. The van der Waals surface area contributed by atoms with Gasteiger partial charge in [-0.15, -0.1) is 0 Å². The number of fused-ring (bicyclic) bond motifs is 6. The van der Waals surface area contributed by atoms with Crippen molar-refractivity contribution in [3.63, 3.8) is 0 Å². The lowest BCUT2D eigenvalue weighted by atomic mass is 9.52. The van der Waals surface area contributed by atoms with Crippen molar-refractivity contribution in [2.24, 2.45) is 40.9 Å². The van der Waals surface area contributed by atoms with Crippen molar-refractivity contribution in [2.45, 2.75) is 116 Å². The van der Waals surface area contributed by atoms with Crippen molar-refractivity contribution in [1.82, 2.24) is 10.0 Å². The number of piperidine rings is 1. The number of allylic oxidation sites excluding steroid dienone is 1. The topological polar surface area (TPSA) is 67.4 Å². The van der Waals surface area contributed by atoms with E-state index >= 15 is 0 Å². The van der Waals surface area contributed by atoms with E-state index < -0.39 is 10.0 Å². The standard InChI is InChI=1S/C29H48N2O3S/c1-17-12-26-27(30-16-17)19(3)29(34-26)11-9-22-23-7-6-20-13-21(31-35(5,32)33)8-10-28(20,4)25(23)14-24(22)18(2)15-29/h17,19-23,25-27,30-31H,6-16H2,1-5H3/t17-,19-,20-,21-,22-,23+,25-,26-,27-,28+,29-/m1/s1. The maximum absolute atomic E-state index is 11.9. The maximum atomic E-state index is 11.9. The molecule has 5 nitrogen and oxygen atoms in total. The molecule has 6 heteroatoms. The lowest BCUT2D eigenvalue weighted by Crippen LogP contribution is -2.50. The second-order valence-electron chi connectivity index (χ2n) is 14.0. The summed E-state index contributed by atoms with van der Waals surface area (Å²) >= 11 is 0. The number of hydrogen-bond donors (Lipinski definition) is 2. The van der Waals surface area contributed by atoms with E-state index in [1.165, 1.54) is 51.2 Å². The first kappa shape index (κ1) is 24.9. The summed E-state index contributed by atoms with van der Waals surface area (Å²) in [4.78, 5) is 0. The Morgan fingerprint density at radius 1 is 1.09 bits per heavy atom. The van der Waals surface area contributed by atoms with Crippen LogP contribution in [0.15, 0.2) is 11.1 Å². The molecule has 2 heterocycles. The van der Waals surface area contributed by atoms with Gasteiger partial charge in [0.1, 0.15) is 0 Å². The molecule has 0 unspecified atom stereocenters. The molecular weight excluding hydrogens is 456 g/mol.